The molecule has 0 bridgehead atoms. The summed E-state index contributed by atoms with van der Waals surface area (Å²) in [4.78, 5) is 0. The second-order valence-electron chi connectivity index (χ2n) is 5.93. The maximum Gasteiger partial charge on any atom is 0.463 e. The second kappa shape index (κ2) is 8.66. The standard InChI is InChI=1S/C5H6F5O2.2C4H9.Al/c1-2-12-3(11)4(6,7)5(8,9)10;2*1-4(2)3;/h3H,2H2,1H3;2*4H,1H2,2-3H3;/q-1;;;+1. The fraction of sp³-hybridized carbons (Fsp3) is 1.00. The Balaban J connectivity index is 5.08. The third-order valence-electron chi connectivity index (χ3n) is 2.78. The zero-order valence-electron chi connectivity index (χ0n) is 13.1. The van der Waals surface area contributed by atoms with Crippen molar-refractivity contribution in [3.05, 3.63) is 0 Å². The Morgan fingerprint density at radius 2 is 1.33 bits per heavy atom. The van der Waals surface area contributed by atoms with Gasteiger partial charge in [-0.1, -0.05) is 50.1 Å². The summed E-state index contributed by atoms with van der Waals surface area (Å²) < 4.78 is 74.1. The topological polar surface area (TPSA) is 18.5 Å². The van der Waals surface area contributed by atoms with Crippen LogP contribution in [-0.4, -0.2) is 39.5 Å². The summed E-state index contributed by atoms with van der Waals surface area (Å²) in [7, 11) is 0. The average molecular weight is 334 g/mol. The molecule has 0 aromatic rings. The van der Waals surface area contributed by atoms with Crippen LogP contribution < -0.4 is 0 Å². The van der Waals surface area contributed by atoms with Crippen molar-refractivity contribution in [2.24, 2.45) is 11.8 Å². The highest BCUT2D eigenvalue weighted by Crippen LogP contribution is 2.40. The number of hydrogen-bond donors (Lipinski definition) is 0. The van der Waals surface area contributed by atoms with Gasteiger partial charge in [0.25, 0.3) is 0 Å². The van der Waals surface area contributed by atoms with Crippen LogP contribution >= 0.6 is 0 Å². The van der Waals surface area contributed by atoms with Crippen LogP contribution in [0.3, 0.4) is 0 Å². The van der Waals surface area contributed by atoms with E-state index in [-0.39, 0.29) is 18.4 Å². The van der Waals surface area contributed by atoms with Gasteiger partial charge in [-0.05, 0) is 6.92 Å². The van der Waals surface area contributed by atoms with E-state index in [1.54, 1.807) is 0 Å². The first-order valence-electron chi connectivity index (χ1n) is 7.13. The van der Waals surface area contributed by atoms with E-state index in [0.717, 1.165) is 0 Å². The molecule has 0 aromatic carbocycles. The lowest BCUT2D eigenvalue weighted by molar-refractivity contribution is -0.351. The molecule has 126 valence electrons. The van der Waals surface area contributed by atoms with Gasteiger partial charge in [-0.3, -0.25) is 0 Å². The molecule has 2 nitrogen and oxygen atoms in total. The smallest absolute Gasteiger partial charge is 0.463 e. The van der Waals surface area contributed by atoms with Gasteiger partial charge in [-0.15, -0.1) is 0 Å². The van der Waals surface area contributed by atoms with Crippen LogP contribution in [-0.2, 0) is 8.53 Å². The van der Waals surface area contributed by atoms with Crippen LogP contribution in [0.1, 0.15) is 34.6 Å². The predicted molar refractivity (Wildman–Crippen MR) is 72.5 cm³/mol. The van der Waals surface area contributed by atoms with Crippen molar-refractivity contribution in [2.75, 3.05) is 6.61 Å². The molecule has 0 fully saturated rings. The van der Waals surface area contributed by atoms with Crippen LogP contribution in [0, 0.1) is 11.8 Å². The van der Waals surface area contributed by atoms with Gasteiger partial charge < -0.3 is 8.53 Å². The Hall–Kier alpha value is 0.102. The monoisotopic (exact) mass is 334 g/mol. The highest BCUT2D eigenvalue weighted by molar-refractivity contribution is 6.52. The third kappa shape index (κ3) is 7.27. The van der Waals surface area contributed by atoms with Crippen LogP contribution in [0.25, 0.3) is 0 Å². The first-order chi connectivity index (χ1) is 9.41. The van der Waals surface area contributed by atoms with Gasteiger partial charge in [0, 0.05) is 6.61 Å². The molecule has 1 atom stereocenters. The number of alkyl halides is 5. The minimum atomic E-state index is -5.68. The predicted octanol–water partition coefficient (Wildman–Crippen LogP) is 4.87. The Morgan fingerprint density at radius 3 is 1.62 bits per heavy atom. The molecule has 0 aliphatic rings. The fourth-order valence-corrected chi connectivity index (χ4v) is 5.06. The quantitative estimate of drug-likeness (QED) is 0.340. The van der Waals surface area contributed by atoms with Crippen LogP contribution in [0.4, 0.5) is 22.0 Å². The van der Waals surface area contributed by atoms with Crippen LogP contribution in [0.5, 0.6) is 0 Å². The maximum atomic E-state index is 13.5. The molecule has 0 aromatic heterocycles. The van der Waals surface area contributed by atoms with E-state index in [9.17, 15) is 22.0 Å². The number of ether oxygens (including phenoxy) is 1. The summed E-state index contributed by atoms with van der Waals surface area (Å²) in [6.07, 6.45) is -8.22. The number of halogens is 5. The van der Waals surface area contributed by atoms with Crippen molar-refractivity contribution in [1.82, 2.24) is 0 Å². The van der Waals surface area contributed by atoms with E-state index >= 15 is 0 Å². The lowest BCUT2D eigenvalue weighted by Gasteiger charge is -2.31. The summed E-state index contributed by atoms with van der Waals surface area (Å²) in [5.41, 5.74) is 0. The lowest BCUT2D eigenvalue weighted by Crippen LogP contribution is -2.51. The molecule has 0 aliphatic heterocycles. The van der Waals surface area contributed by atoms with Crippen molar-refractivity contribution >= 4 is 14.5 Å². The molecule has 0 amide bonds. The molecular weight excluding hydrogens is 310 g/mol. The van der Waals surface area contributed by atoms with E-state index in [1.807, 2.05) is 27.7 Å². The molecule has 8 heteroatoms. The number of rotatable bonds is 9. The molecular formula is C13H24AlF5O2. The van der Waals surface area contributed by atoms with Gasteiger partial charge in [-0.2, -0.15) is 22.0 Å². The Kier molecular flexibility index (Phi) is 8.70. The molecule has 0 saturated carbocycles. The Morgan fingerprint density at radius 1 is 0.905 bits per heavy atom. The molecule has 1 unspecified atom stereocenters. The van der Waals surface area contributed by atoms with Gasteiger partial charge >= 0.3 is 26.6 Å². The molecule has 0 aliphatic carbocycles. The highest BCUT2D eigenvalue weighted by atomic mass is 27.2. The summed E-state index contributed by atoms with van der Waals surface area (Å²) in [5, 5.41) is 1.07. The van der Waals surface area contributed by atoms with Crippen LogP contribution in [0.2, 0.25) is 10.6 Å². The summed E-state index contributed by atoms with van der Waals surface area (Å²) in [5.74, 6) is -4.63. The van der Waals surface area contributed by atoms with E-state index in [0.29, 0.717) is 10.6 Å². The van der Waals surface area contributed by atoms with Crippen molar-refractivity contribution in [3.8, 4) is 0 Å². The van der Waals surface area contributed by atoms with Gasteiger partial charge in [-0.25, -0.2) is 0 Å². The van der Waals surface area contributed by atoms with Crippen molar-refractivity contribution in [2.45, 2.75) is 63.6 Å². The minimum Gasteiger partial charge on any atom is -0.473 e. The average Bonchev–Trinajstić information content (AvgIpc) is 2.24. The third-order valence-corrected chi connectivity index (χ3v) is 6.35. The SMILES string of the molecule is CCOC([O][Al]([CH2]C(C)C)[CH2]C(C)C)C(F)(F)C(F)(F)F. The summed E-state index contributed by atoms with van der Waals surface area (Å²) in [6.45, 7) is 8.66. The largest absolute Gasteiger partial charge is 0.473 e. The summed E-state index contributed by atoms with van der Waals surface area (Å²) in [6, 6.07) is 0. The van der Waals surface area contributed by atoms with Crippen LogP contribution in [0.15, 0.2) is 0 Å². The molecule has 0 heterocycles. The van der Waals surface area contributed by atoms with Gasteiger partial charge in [0.05, 0.1) is 0 Å². The zero-order chi connectivity index (χ0) is 16.8. The Labute approximate surface area is 127 Å². The van der Waals surface area contributed by atoms with Crippen molar-refractivity contribution in [3.63, 3.8) is 0 Å². The molecule has 0 N–H and O–H groups in total. The first-order valence-corrected chi connectivity index (χ1v) is 9.23. The molecule has 0 spiro atoms. The van der Waals surface area contributed by atoms with Crippen molar-refractivity contribution in [1.29, 1.82) is 0 Å². The van der Waals surface area contributed by atoms with Gasteiger partial charge in [0.15, 0.2) is 0 Å². The molecule has 21 heavy (non-hydrogen) atoms. The van der Waals surface area contributed by atoms with E-state index in [2.05, 4.69) is 4.74 Å². The number of hydrogen-bond acceptors (Lipinski definition) is 2. The van der Waals surface area contributed by atoms with E-state index < -0.39 is 32.9 Å². The van der Waals surface area contributed by atoms with Crippen molar-refractivity contribution < 1.29 is 30.5 Å². The lowest BCUT2D eigenvalue weighted by atomic mass is 10.3. The minimum absolute atomic E-state index is 0.183. The first kappa shape index (κ1) is 21.1. The zero-order valence-corrected chi connectivity index (χ0v) is 14.3. The van der Waals surface area contributed by atoms with E-state index in [1.165, 1.54) is 6.92 Å². The molecule has 0 rings (SSSR count). The highest BCUT2D eigenvalue weighted by Gasteiger charge is 2.64. The Bertz CT molecular complexity index is 285. The fourth-order valence-electron chi connectivity index (χ4n) is 1.95. The summed E-state index contributed by atoms with van der Waals surface area (Å²) >= 11 is -2.22. The van der Waals surface area contributed by atoms with Gasteiger partial charge in [0.1, 0.15) is 0 Å². The second-order valence-corrected chi connectivity index (χ2v) is 8.38. The normalized spacial score (nSPS) is 14.9. The molecule has 0 radical (unpaired) electrons. The maximum absolute atomic E-state index is 13.5. The molecule has 0 saturated heterocycles. The van der Waals surface area contributed by atoms with E-state index in [4.69, 9.17) is 3.79 Å². The van der Waals surface area contributed by atoms with Gasteiger partial charge in [0.2, 0.25) is 6.29 Å².